The number of hydrogen-bond donors (Lipinski definition) is 1. The van der Waals surface area contributed by atoms with Gasteiger partial charge in [0.1, 0.15) is 11.6 Å². The number of ether oxygens (including phenoxy) is 1. The largest absolute Gasteiger partial charge is 0.376 e. The number of nitriles is 1. The summed E-state index contributed by atoms with van der Waals surface area (Å²) in [6.07, 6.45) is 4.36. The molecule has 0 unspecified atom stereocenters. The van der Waals surface area contributed by atoms with E-state index in [4.69, 9.17) is 4.74 Å². The third kappa shape index (κ3) is 3.81. The van der Waals surface area contributed by atoms with Crippen LogP contribution in [0.4, 0.5) is 0 Å². The zero-order valence-corrected chi connectivity index (χ0v) is 13.7. The van der Waals surface area contributed by atoms with Crippen molar-refractivity contribution in [1.82, 2.24) is 9.97 Å². The van der Waals surface area contributed by atoms with E-state index in [1.165, 1.54) is 24.6 Å². The summed E-state index contributed by atoms with van der Waals surface area (Å²) < 4.78 is 5.70. The first-order chi connectivity index (χ1) is 11.2. The molecule has 1 aromatic carbocycles. The Balaban J connectivity index is 1.89. The van der Waals surface area contributed by atoms with Crippen LogP contribution in [0, 0.1) is 17.2 Å². The van der Waals surface area contributed by atoms with Gasteiger partial charge in [0.25, 0.3) is 5.56 Å². The van der Waals surface area contributed by atoms with Gasteiger partial charge in [0, 0.05) is 12.2 Å². The van der Waals surface area contributed by atoms with Gasteiger partial charge < -0.3 is 9.72 Å². The van der Waals surface area contributed by atoms with Crippen LogP contribution in [-0.4, -0.2) is 22.8 Å². The highest BCUT2D eigenvalue weighted by Gasteiger charge is 2.21. The summed E-state index contributed by atoms with van der Waals surface area (Å²) in [5.41, 5.74) is 1.83. The first-order valence-corrected chi connectivity index (χ1v) is 8.69. The molecule has 0 saturated heterocycles. The van der Waals surface area contributed by atoms with Crippen LogP contribution in [0.3, 0.4) is 0 Å². The zero-order chi connectivity index (χ0) is 16.2. The molecule has 1 saturated carbocycles. The van der Waals surface area contributed by atoms with Gasteiger partial charge >= 0.3 is 0 Å². The van der Waals surface area contributed by atoms with Crippen LogP contribution in [0.15, 0.2) is 34.2 Å². The third-order valence-electron chi connectivity index (χ3n) is 3.72. The van der Waals surface area contributed by atoms with E-state index in [2.05, 4.69) is 9.97 Å². The minimum absolute atomic E-state index is 0.0406. The SMILES string of the molecule is CSc1nc(-c2cccc(COCC3CC3)c2)c(C#N)c(=O)[nH]1. The topological polar surface area (TPSA) is 78.8 Å². The van der Waals surface area contributed by atoms with Gasteiger partial charge in [-0.15, -0.1) is 0 Å². The fourth-order valence-electron chi connectivity index (χ4n) is 2.30. The molecule has 3 rings (SSSR count). The van der Waals surface area contributed by atoms with Crippen LogP contribution in [0.2, 0.25) is 0 Å². The summed E-state index contributed by atoms with van der Waals surface area (Å²) in [4.78, 5) is 19.0. The highest BCUT2D eigenvalue weighted by Crippen LogP contribution is 2.29. The number of aromatic nitrogens is 2. The predicted octanol–water partition coefficient (Wildman–Crippen LogP) is 2.96. The fourth-order valence-corrected chi connectivity index (χ4v) is 2.68. The molecule has 2 aromatic rings. The number of rotatable bonds is 6. The van der Waals surface area contributed by atoms with Gasteiger partial charge in [0.15, 0.2) is 5.16 Å². The number of thioether (sulfide) groups is 1. The van der Waals surface area contributed by atoms with E-state index in [1.807, 2.05) is 36.6 Å². The Bertz CT molecular complexity index is 806. The molecule has 0 spiro atoms. The molecule has 0 bridgehead atoms. The lowest BCUT2D eigenvalue weighted by Crippen LogP contribution is -2.14. The van der Waals surface area contributed by atoms with Gasteiger partial charge in [0.05, 0.1) is 12.3 Å². The monoisotopic (exact) mass is 327 g/mol. The average molecular weight is 327 g/mol. The minimum atomic E-state index is -0.405. The van der Waals surface area contributed by atoms with Crippen LogP contribution >= 0.6 is 11.8 Å². The van der Waals surface area contributed by atoms with Gasteiger partial charge in [0.2, 0.25) is 0 Å². The summed E-state index contributed by atoms with van der Waals surface area (Å²) in [6, 6.07) is 9.62. The molecular formula is C17H17N3O2S. The maximum atomic E-state index is 12.0. The lowest BCUT2D eigenvalue weighted by molar-refractivity contribution is 0.111. The molecule has 1 aliphatic carbocycles. The molecule has 6 heteroatoms. The Kier molecular flexibility index (Phi) is 4.79. The Hall–Kier alpha value is -2.10. The number of hydrogen-bond acceptors (Lipinski definition) is 5. The van der Waals surface area contributed by atoms with E-state index < -0.39 is 5.56 Å². The van der Waals surface area contributed by atoms with Crippen LogP contribution in [0.25, 0.3) is 11.3 Å². The maximum Gasteiger partial charge on any atom is 0.270 e. The normalized spacial score (nSPS) is 13.7. The van der Waals surface area contributed by atoms with E-state index in [0.717, 1.165) is 23.7 Å². The van der Waals surface area contributed by atoms with Gasteiger partial charge in [-0.1, -0.05) is 30.0 Å². The molecule has 0 radical (unpaired) electrons. The third-order valence-corrected chi connectivity index (χ3v) is 4.30. The summed E-state index contributed by atoms with van der Waals surface area (Å²) in [7, 11) is 0. The molecule has 1 fully saturated rings. The Morgan fingerprint density at radius 1 is 1.48 bits per heavy atom. The Morgan fingerprint density at radius 2 is 2.30 bits per heavy atom. The van der Waals surface area contributed by atoms with E-state index in [0.29, 0.717) is 17.5 Å². The second kappa shape index (κ2) is 6.99. The van der Waals surface area contributed by atoms with E-state index in [-0.39, 0.29) is 5.56 Å². The van der Waals surface area contributed by atoms with E-state index in [9.17, 15) is 10.1 Å². The van der Waals surface area contributed by atoms with Gasteiger partial charge in [-0.3, -0.25) is 4.79 Å². The first kappa shape index (κ1) is 15.8. The molecule has 118 valence electrons. The highest BCUT2D eigenvalue weighted by atomic mass is 32.2. The Labute approximate surface area is 138 Å². The minimum Gasteiger partial charge on any atom is -0.376 e. The van der Waals surface area contributed by atoms with Gasteiger partial charge in [-0.05, 0) is 36.6 Å². The smallest absolute Gasteiger partial charge is 0.270 e. The number of nitrogens with zero attached hydrogens (tertiary/aromatic N) is 2. The molecular weight excluding hydrogens is 310 g/mol. The molecule has 23 heavy (non-hydrogen) atoms. The van der Waals surface area contributed by atoms with Crippen molar-refractivity contribution in [2.45, 2.75) is 24.6 Å². The lowest BCUT2D eigenvalue weighted by atomic mass is 10.1. The lowest BCUT2D eigenvalue weighted by Gasteiger charge is -2.08. The van der Waals surface area contributed by atoms with Crippen LogP contribution in [-0.2, 0) is 11.3 Å². The van der Waals surface area contributed by atoms with Crippen molar-refractivity contribution in [3.63, 3.8) is 0 Å². The van der Waals surface area contributed by atoms with E-state index in [1.54, 1.807) is 0 Å². The summed E-state index contributed by atoms with van der Waals surface area (Å²) in [5.74, 6) is 0.724. The first-order valence-electron chi connectivity index (χ1n) is 7.46. The van der Waals surface area contributed by atoms with Crippen molar-refractivity contribution in [3.8, 4) is 17.3 Å². The number of benzene rings is 1. The Morgan fingerprint density at radius 3 is 3.00 bits per heavy atom. The van der Waals surface area contributed by atoms with E-state index >= 15 is 0 Å². The van der Waals surface area contributed by atoms with Gasteiger partial charge in [-0.25, -0.2) is 4.98 Å². The van der Waals surface area contributed by atoms with Crippen LogP contribution < -0.4 is 5.56 Å². The van der Waals surface area contributed by atoms with Crippen molar-refractivity contribution in [2.24, 2.45) is 5.92 Å². The number of nitrogens with one attached hydrogen (secondary N) is 1. The summed E-state index contributed by atoms with van der Waals surface area (Å²) in [5, 5.41) is 9.76. The number of H-pyrrole nitrogens is 1. The summed E-state index contributed by atoms with van der Waals surface area (Å²) >= 11 is 1.34. The molecule has 0 amide bonds. The van der Waals surface area contributed by atoms with Crippen LogP contribution in [0.1, 0.15) is 24.0 Å². The molecule has 5 nitrogen and oxygen atoms in total. The molecule has 1 heterocycles. The van der Waals surface area contributed by atoms with Gasteiger partial charge in [-0.2, -0.15) is 5.26 Å². The van der Waals surface area contributed by atoms with Crippen molar-refractivity contribution >= 4 is 11.8 Å². The average Bonchev–Trinajstić information content (AvgIpc) is 3.38. The molecule has 1 N–H and O–H groups in total. The maximum absolute atomic E-state index is 12.0. The predicted molar refractivity (Wildman–Crippen MR) is 89.2 cm³/mol. The number of aromatic amines is 1. The van der Waals surface area contributed by atoms with Crippen molar-refractivity contribution < 1.29 is 4.74 Å². The zero-order valence-electron chi connectivity index (χ0n) is 12.8. The molecule has 0 atom stereocenters. The summed E-state index contributed by atoms with van der Waals surface area (Å²) in [6.45, 7) is 1.33. The molecule has 1 aromatic heterocycles. The fraction of sp³-hybridized carbons (Fsp3) is 0.353. The van der Waals surface area contributed by atoms with Crippen LogP contribution in [0.5, 0.6) is 0 Å². The van der Waals surface area contributed by atoms with Crippen molar-refractivity contribution in [2.75, 3.05) is 12.9 Å². The second-order valence-corrected chi connectivity index (χ2v) is 6.36. The standard InChI is InChI=1S/C17H17N3O2S/c1-23-17-19-15(14(8-18)16(21)20-17)13-4-2-3-12(7-13)10-22-9-11-5-6-11/h2-4,7,11H,5-6,9-10H2,1H3,(H,19,20,21). The second-order valence-electron chi connectivity index (χ2n) is 5.57. The highest BCUT2D eigenvalue weighted by molar-refractivity contribution is 7.98. The molecule has 1 aliphatic rings. The quantitative estimate of drug-likeness (QED) is 0.652. The van der Waals surface area contributed by atoms with Crippen molar-refractivity contribution in [1.29, 1.82) is 5.26 Å². The molecule has 0 aliphatic heterocycles. The van der Waals surface area contributed by atoms with Crippen molar-refractivity contribution in [3.05, 3.63) is 45.7 Å².